The number of benzene rings is 2. The molecule has 3 nitrogen and oxygen atoms in total. The number of aryl methyl sites for hydroxylation is 1. The van der Waals surface area contributed by atoms with Gasteiger partial charge in [0.15, 0.2) is 0 Å². The summed E-state index contributed by atoms with van der Waals surface area (Å²) in [5.74, 6) is -0.413. The van der Waals surface area contributed by atoms with Gasteiger partial charge in [-0.2, -0.15) is 0 Å². The molecule has 0 heterocycles. The van der Waals surface area contributed by atoms with Crippen LogP contribution in [0, 0.1) is 12.7 Å². The van der Waals surface area contributed by atoms with Crippen molar-refractivity contribution in [3.05, 3.63) is 56.7 Å². The molecule has 0 fully saturated rings. The van der Waals surface area contributed by atoms with E-state index >= 15 is 0 Å². The normalized spacial score (nSPS) is 11.5. The van der Waals surface area contributed by atoms with Gasteiger partial charge in [0.2, 0.25) is 0 Å². The van der Waals surface area contributed by atoms with Gasteiger partial charge in [0.05, 0.1) is 5.69 Å². The molecular formula is C14H12Br2FNO2S. The zero-order chi connectivity index (χ0) is 15.8. The standard InChI is InChI=1S/C14H12Br2FNO2S/c1-9-7-13(16)14(8-12(9)15)21(19,20)18(2)11-5-3-10(17)4-6-11/h3-8H,1-2H3. The Morgan fingerprint density at radius 3 is 2.19 bits per heavy atom. The van der Waals surface area contributed by atoms with Crippen molar-refractivity contribution in [3.8, 4) is 0 Å². The zero-order valence-corrected chi connectivity index (χ0v) is 15.3. The predicted octanol–water partition coefficient (Wildman–Crippen LogP) is 4.48. The summed E-state index contributed by atoms with van der Waals surface area (Å²) in [6.07, 6.45) is 0. The quantitative estimate of drug-likeness (QED) is 0.711. The Morgan fingerprint density at radius 2 is 1.62 bits per heavy atom. The minimum Gasteiger partial charge on any atom is -0.269 e. The van der Waals surface area contributed by atoms with E-state index in [0.29, 0.717) is 14.6 Å². The van der Waals surface area contributed by atoms with E-state index in [-0.39, 0.29) is 4.90 Å². The molecule has 0 atom stereocenters. The van der Waals surface area contributed by atoms with Gasteiger partial charge in [0.25, 0.3) is 10.0 Å². The van der Waals surface area contributed by atoms with Gasteiger partial charge in [-0.3, -0.25) is 4.31 Å². The number of hydrogen-bond acceptors (Lipinski definition) is 2. The van der Waals surface area contributed by atoms with Gasteiger partial charge in [-0.15, -0.1) is 0 Å². The molecule has 0 bridgehead atoms. The minimum atomic E-state index is -3.74. The van der Waals surface area contributed by atoms with Crippen LogP contribution in [0.25, 0.3) is 0 Å². The Hall–Kier alpha value is -0.920. The maximum absolute atomic E-state index is 12.9. The lowest BCUT2D eigenvalue weighted by molar-refractivity contribution is 0.593. The van der Waals surface area contributed by atoms with E-state index in [1.165, 1.54) is 31.3 Å². The monoisotopic (exact) mass is 435 g/mol. The summed E-state index contributed by atoms with van der Waals surface area (Å²) < 4.78 is 40.6. The molecule has 0 unspecified atom stereocenters. The SMILES string of the molecule is Cc1cc(Br)c(S(=O)(=O)N(C)c2ccc(F)cc2)cc1Br. The molecule has 2 rings (SSSR count). The minimum absolute atomic E-state index is 0.145. The van der Waals surface area contributed by atoms with Gasteiger partial charge < -0.3 is 0 Å². The third-order valence-electron chi connectivity index (χ3n) is 3.04. The highest BCUT2D eigenvalue weighted by molar-refractivity contribution is 9.11. The molecule has 0 amide bonds. The largest absolute Gasteiger partial charge is 0.269 e. The van der Waals surface area contributed by atoms with Gasteiger partial charge in [-0.25, -0.2) is 12.8 Å². The van der Waals surface area contributed by atoms with Crippen LogP contribution in [0.4, 0.5) is 10.1 Å². The van der Waals surface area contributed by atoms with Gasteiger partial charge in [0, 0.05) is 16.0 Å². The van der Waals surface area contributed by atoms with Crippen molar-refractivity contribution in [1.82, 2.24) is 0 Å². The molecule has 0 saturated heterocycles. The highest BCUT2D eigenvalue weighted by Crippen LogP contribution is 2.32. The van der Waals surface area contributed by atoms with Crippen molar-refractivity contribution in [2.75, 3.05) is 11.4 Å². The van der Waals surface area contributed by atoms with Gasteiger partial charge >= 0.3 is 0 Å². The topological polar surface area (TPSA) is 37.4 Å². The van der Waals surface area contributed by atoms with Crippen LogP contribution in [0.5, 0.6) is 0 Å². The van der Waals surface area contributed by atoms with E-state index < -0.39 is 15.8 Å². The number of nitrogens with zero attached hydrogens (tertiary/aromatic N) is 1. The van der Waals surface area contributed by atoms with Gasteiger partial charge in [0.1, 0.15) is 10.7 Å². The number of sulfonamides is 1. The van der Waals surface area contributed by atoms with Crippen LogP contribution in [0.15, 0.2) is 50.2 Å². The lowest BCUT2D eigenvalue weighted by Gasteiger charge is -2.20. The molecule has 0 aliphatic rings. The third kappa shape index (κ3) is 3.30. The van der Waals surface area contributed by atoms with Crippen molar-refractivity contribution in [3.63, 3.8) is 0 Å². The molecule has 0 saturated carbocycles. The number of halogens is 3. The molecule has 0 aliphatic carbocycles. The molecule has 0 aliphatic heterocycles. The molecular weight excluding hydrogens is 425 g/mol. The molecule has 0 N–H and O–H groups in total. The van der Waals surface area contributed by atoms with Crippen molar-refractivity contribution in [2.24, 2.45) is 0 Å². The molecule has 112 valence electrons. The smallest absolute Gasteiger partial charge is 0.265 e. The molecule has 0 spiro atoms. The fourth-order valence-corrected chi connectivity index (χ4v) is 4.60. The number of hydrogen-bond donors (Lipinski definition) is 0. The maximum Gasteiger partial charge on any atom is 0.265 e. The van der Waals surface area contributed by atoms with Crippen LogP contribution in [-0.4, -0.2) is 15.5 Å². The third-order valence-corrected chi connectivity index (χ3v) is 6.64. The summed E-state index contributed by atoms with van der Waals surface area (Å²) in [6.45, 7) is 1.87. The average molecular weight is 437 g/mol. The fraction of sp³-hybridized carbons (Fsp3) is 0.143. The lowest BCUT2D eigenvalue weighted by Crippen LogP contribution is -2.27. The first-order valence-electron chi connectivity index (χ1n) is 5.93. The summed E-state index contributed by atoms with van der Waals surface area (Å²) >= 11 is 6.62. The predicted molar refractivity (Wildman–Crippen MR) is 88.6 cm³/mol. The van der Waals surface area contributed by atoms with E-state index in [2.05, 4.69) is 31.9 Å². The van der Waals surface area contributed by atoms with Gasteiger partial charge in [-0.1, -0.05) is 15.9 Å². The molecule has 0 aromatic heterocycles. The summed E-state index contributed by atoms with van der Waals surface area (Å²) in [5, 5.41) is 0. The Morgan fingerprint density at radius 1 is 1.05 bits per heavy atom. The summed E-state index contributed by atoms with van der Waals surface area (Å²) in [5.41, 5.74) is 1.31. The van der Waals surface area contributed by atoms with Crippen LogP contribution in [-0.2, 0) is 10.0 Å². The van der Waals surface area contributed by atoms with Crippen molar-refractivity contribution >= 4 is 47.6 Å². The average Bonchev–Trinajstić information content (AvgIpc) is 2.42. The van der Waals surface area contributed by atoms with Crippen LogP contribution in [0.2, 0.25) is 0 Å². The summed E-state index contributed by atoms with van der Waals surface area (Å²) in [6, 6.07) is 8.57. The molecule has 21 heavy (non-hydrogen) atoms. The molecule has 2 aromatic rings. The molecule has 0 radical (unpaired) electrons. The van der Waals surface area contributed by atoms with Crippen LogP contribution < -0.4 is 4.31 Å². The first kappa shape index (κ1) is 16.5. The van der Waals surface area contributed by atoms with E-state index in [1.54, 1.807) is 12.1 Å². The van der Waals surface area contributed by atoms with Crippen LogP contribution in [0.3, 0.4) is 0 Å². The Bertz CT molecular complexity index is 776. The van der Waals surface area contributed by atoms with E-state index in [9.17, 15) is 12.8 Å². The highest BCUT2D eigenvalue weighted by Gasteiger charge is 2.24. The second-order valence-electron chi connectivity index (χ2n) is 4.48. The van der Waals surface area contributed by atoms with Crippen LogP contribution in [0.1, 0.15) is 5.56 Å². The Labute approximate surface area is 140 Å². The second-order valence-corrected chi connectivity index (χ2v) is 8.13. The van der Waals surface area contributed by atoms with E-state index in [4.69, 9.17) is 0 Å². The fourth-order valence-electron chi connectivity index (χ4n) is 1.76. The first-order valence-corrected chi connectivity index (χ1v) is 8.96. The number of anilines is 1. The lowest BCUT2D eigenvalue weighted by atomic mass is 10.2. The Balaban J connectivity index is 2.51. The van der Waals surface area contributed by atoms with Crippen molar-refractivity contribution in [2.45, 2.75) is 11.8 Å². The van der Waals surface area contributed by atoms with E-state index in [1.807, 2.05) is 6.92 Å². The highest BCUT2D eigenvalue weighted by atomic mass is 79.9. The second kappa shape index (κ2) is 6.06. The molecule has 7 heteroatoms. The first-order chi connectivity index (χ1) is 9.73. The van der Waals surface area contributed by atoms with E-state index in [0.717, 1.165) is 9.87 Å². The van der Waals surface area contributed by atoms with Crippen molar-refractivity contribution < 1.29 is 12.8 Å². The maximum atomic E-state index is 12.9. The zero-order valence-electron chi connectivity index (χ0n) is 11.3. The number of rotatable bonds is 3. The summed E-state index contributed by atoms with van der Waals surface area (Å²) in [7, 11) is -2.31. The summed E-state index contributed by atoms with van der Waals surface area (Å²) in [4.78, 5) is 0.145. The Kier molecular flexibility index (Phi) is 4.75. The molecule has 2 aromatic carbocycles. The van der Waals surface area contributed by atoms with Gasteiger partial charge in [-0.05, 0) is 64.8 Å². The van der Waals surface area contributed by atoms with Crippen molar-refractivity contribution in [1.29, 1.82) is 0 Å². The van der Waals surface area contributed by atoms with Crippen LogP contribution >= 0.6 is 31.9 Å².